The molecule has 0 unspecified atom stereocenters. The lowest BCUT2D eigenvalue weighted by Crippen LogP contribution is -2.10. The second-order valence-electron chi connectivity index (χ2n) is 3.46. The zero-order valence-corrected chi connectivity index (χ0v) is 7.93. The summed E-state index contributed by atoms with van der Waals surface area (Å²) in [7, 11) is 0. The average molecular weight is 203 g/mol. The summed E-state index contributed by atoms with van der Waals surface area (Å²) in [6, 6.07) is 5.86. The van der Waals surface area contributed by atoms with Crippen LogP contribution in [0.5, 0.6) is 6.01 Å². The molecule has 1 amide bonds. The Morgan fingerprint density at radius 2 is 2.40 bits per heavy atom. The van der Waals surface area contributed by atoms with Gasteiger partial charge in [-0.1, -0.05) is 0 Å². The molecule has 0 radical (unpaired) electrons. The molecule has 1 aromatic heterocycles. The first-order valence-electron chi connectivity index (χ1n) is 4.68. The Hall–Kier alpha value is -2.04. The topological polar surface area (TPSA) is 70.1 Å². The summed E-state index contributed by atoms with van der Waals surface area (Å²) in [5.41, 5.74) is 7.39. The summed E-state index contributed by atoms with van der Waals surface area (Å²) in [6.45, 7) is 1.47. The molecule has 0 saturated heterocycles. The highest BCUT2D eigenvalue weighted by molar-refractivity contribution is 5.96. The Balaban J connectivity index is 2.26. The standard InChI is InChI=1S/C10H9N3O2/c11-9(14)6-1-2-8-7(5-6)12-10-13(8)3-4-15-10/h1-2,5H,3-4H2,(H2,11,14). The van der Waals surface area contributed by atoms with Gasteiger partial charge in [0, 0.05) is 5.56 Å². The summed E-state index contributed by atoms with van der Waals surface area (Å²) < 4.78 is 7.31. The Labute approximate surface area is 85.5 Å². The van der Waals surface area contributed by atoms with Gasteiger partial charge in [0.05, 0.1) is 17.6 Å². The highest BCUT2D eigenvalue weighted by Gasteiger charge is 2.17. The summed E-state index contributed by atoms with van der Waals surface area (Å²) in [4.78, 5) is 15.2. The van der Waals surface area contributed by atoms with E-state index in [0.29, 0.717) is 18.2 Å². The van der Waals surface area contributed by atoms with Gasteiger partial charge < -0.3 is 10.5 Å². The van der Waals surface area contributed by atoms with Gasteiger partial charge in [-0.2, -0.15) is 4.98 Å². The molecule has 0 saturated carbocycles. The van der Waals surface area contributed by atoms with Gasteiger partial charge in [0.2, 0.25) is 5.91 Å². The number of carbonyl (C=O) groups excluding carboxylic acids is 1. The van der Waals surface area contributed by atoms with E-state index < -0.39 is 5.91 Å². The van der Waals surface area contributed by atoms with E-state index >= 15 is 0 Å². The molecule has 1 aliphatic heterocycles. The van der Waals surface area contributed by atoms with Crippen LogP contribution in [0, 0.1) is 0 Å². The monoisotopic (exact) mass is 203 g/mol. The van der Waals surface area contributed by atoms with Crippen molar-refractivity contribution in [2.24, 2.45) is 5.73 Å². The Morgan fingerprint density at radius 1 is 1.53 bits per heavy atom. The van der Waals surface area contributed by atoms with Crippen molar-refractivity contribution < 1.29 is 9.53 Å². The van der Waals surface area contributed by atoms with Crippen LogP contribution in [0.4, 0.5) is 0 Å². The van der Waals surface area contributed by atoms with Crippen LogP contribution in [0.25, 0.3) is 11.0 Å². The number of rotatable bonds is 1. The predicted octanol–water partition coefficient (Wildman–Crippen LogP) is 0.528. The minimum Gasteiger partial charge on any atom is -0.463 e. The normalized spacial score (nSPS) is 13.9. The molecule has 5 nitrogen and oxygen atoms in total. The fourth-order valence-electron chi connectivity index (χ4n) is 1.82. The molecular weight excluding hydrogens is 194 g/mol. The Morgan fingerprint density at radius 3 is 3.20 bits per heavy atom. The number of ether oxygens (including phenoxy) is 1. The molecule has 76 valence electrons. The van der Waals surface area contributed by atoms with E-state index in [1.807, 2.05) is 10.6 Å². The zero-order chi connectivity index (χ0) is 10.4. The number of imidazole rings is 1. The van der Waals surface area contributed by atoms with E-state index in [0.717, 1.165) is 17.6 Å². The fourth-order valence-corrected chi connectivity index (χ4v) is 1.82. The van der Waals surface area contributed by atoms with E-state index in [2.05, 4.69) is 4.98 Å². The summed E-state index contributed by atoms with van der Waals surface area (Å²) in [6.07, 6.45) is 0. The van der Waals surface area contributed by atoms with E-state index in [1.54, 1.807) is 12.1 Å². The molecule has 0 atom stereocenters. The van der Waals surface area contributed by atoms with E-state index in [-0.39, 0.29) is 0 Å². The maximum atomic E-state index is 11.0. The number of nitrogens with two attached hydrogens (primary N) is 1. The molecule has 2 heterocycles. The van der Waals surface area contributed by atoms with Crippen LogP contribution < -0.4 is 10.5 Å². The van der Waals surface area contributed by atoms with Crippen molar-refractivity contribution in [3.63, 3.8) is 0 Å². The van der Waals surface area contributed by atoms with Gasteiger partial charge >= 0.3 is 0 Å². The number of benzene rings is 1. The van der Waals surface area contributed by atoms with Crippen LogP contribution in [0.3, 0.4) is 0 Å². The molecule has 1 aromatic carbocycles. The minimum absolute atomic E-state index is 0.439. The van der Waals surface area contributed by atoms with Crippen molar-refractivity contribution in [1.29, 1.82) is 0 Å². The molecule has 0 fully saturated rings. The first kappa shape index (κ1) is 8.28. The Bertz CT molecular complexity index is 559. The van der Waals surface area contributed by atoms with Crippen LogP contribution in [0.2, 0.25) is 0 Å². The summed E-state index contributed by atoms with van der Waals surface area (Å²) in [5, 5.41) is 0. The van der Waals surface area contributed by atoms with Crippen molar-refractivity contribution >= 4 is 16.9 Å². The number of hydrogen-bond donors (Lipinski definition) is 1. The molecule has 0 aliphatic carbocycles. The smallest absolute Gasteiger partial charge is 0.297 e. The number of hydrogen-bond acceptors (Lipinski definition) is 3. The Kier molecular flexibility index (Phi) is 1.50. The second-order valence-corrected chi connectivity index (χ2v) is 3.46. The van der Waals surface area contributed by atoms with Crippen LogP contribution >= 0.6 is 0 Å². The van der Waals surface area contributed by atoms with Crippen LogP contribution in [-0.2, 0) is 6.54 Å². The highest BCUT2D eigenvalue weighted by atomic mass is 16.5. The van der Waals surface area contributed by atoms with Crippen molar-refractivity contribution in [3.05, 3.63) is 23.8 Å². The van der Waals surface area contributed by atoms with E-state index in [9.17, 15) is 4.79 Å². The van der Waals surface area contributed by atoms with E-state index in [4.69, 9.17) is 10.5 Å². The first-order valence-corrected chi connectivity index (χ1v) is 4.68. The number of aromatic nitrogens is 2. The third kappa shape index (κ3) is 1.09. The van der Waals surface area contributed by atoms with Crippen LogP contribution in [0.15, 0.2) is 18.2 Å². The SMILES string of the molecule is NC(=O)c1ccc2c(c1)nc1n2CCO1. The predicted molar refractivity (Wildman–Crippen MR) is 53.7 cm³/mol. The summed E-state index contributed by atoms with van der Waals surface area (Å²) in [5.74, 6) is -0.439. The van der Waals surface area contributed by atoms with Crippen LogP contribution in [-0.4, -0.2) is 22.1 Å². The van der Waals surface area contributed by atoms with Gasteiger partial charge in [0.15, 0.2) is 0 Å². The zero-order valence-electron chi connectivity index (χ0n) is 7.93. The maximum absolute atomic E-state index is 11.0. The van der Waals surface area contributed by atoms with Gasteiger partial charge in [-0.25, -0.2) is 0 Å². The lowest BCUT2D eigenvalue weighted by Gasteiger charge is -1.97. The molecule has 2 aromatic rings. The van der Waals surface area contributed by atoms with Crippen LogP contribution in [0.1, 0.15) is 10.4 Å². The molecule has 3 rings (SSSR count). The molecule has 5 heteroatoms. The largest absolute Gasteiger partial charge is 0.463 e. The molecule has 0 bridgehead atoms. The highest BCUT2D eigenvalue weighted by Crippen LogP contribution is 2.25. The number of amides is 1. The lowest BCUT2D eigenvalue weighted by molar-refractivity contribution is 0.100. The van der Waals surface area contributed by atoms with Gasteiger partial charge in [-0.05, 0) is 18.2 Å². The molecule has 2 N–H and O–H groups in total. The number of nitrogens with zero attached hydrogens (tertiary/aromatic N) is 2. The number of carbonyl (C=O) groups is 1. The molecule has 0 spiro atoms. The fraction of sp³-hybridized carbons (Fsp3) is 0.200. The minimum atomic E-state index is -0.439. The lowest BCUT2D eigenvalue weighted by atomic mass is 10.2. The first-order chi connectivity index (χ1) is 7.25. The number of primary amides is 1. The van der Waals surface area contributed by atoms with Gasteiger partial charge in [0.1, 0.15) is 6.61 Å². The van der Waals surface area contributed by atoms with Gasteiger partial charge in [-0.15, -0.1) is 0 Å². The average Bonchev–Trinajstić information content (AvgIpc) is 2.75. The maximum Gasteiger partial charge on any atom is 0.297 e. The quantitative estimate of drug-likeness (QED) is 0.734. The van der Waals surface area contributed by atoms with Crippen molar-refractivity contribution in [2.45, 2.75) is 6.54 Å². The van der Waals surface area contributed by atoms with Crippen molar-refractivity contribution in [3.8, 4) is 6.01 Å². The third-order valence-electron chi connectivity index (χ3n) is 2.54. The van der Waals surface area contributed by atoms with Crippen molar-refractivity contribution in [2.75, 3.05) is 6.61 Å². The second kappa shape index (κ2) is 2.73. The van der Waals surface area contributed by atoms with Crippen molar-refractivity contribution in [1.82, 2.24) is 9.55 Å². The molecule has 15 heavy (non-hydrogen) atoms. The third-order valence-corrected chi connectivity index (χ3v) is 2.54. The van der Waals surface area contributed by atoms with Gasteiger partial charge in [0.25, 0.3) is 6.01 Å². The summed E-state index contributed by atoms with van der Waals surface area (Å²) >= 11 is 0. The molecule has 1 aliphatic rings. The van der Waals surface area contributed by atoms with E-state index in [1.165, 1.54) is 0 Å². The molecular formula is C10H9N3O2. The number of fused-ring (bicyclic) bond motifs is 3. The van der Waals surface area contributed by atoms with Gasteiger partial charge in [-0.3, -0.25) is 9.36 Å².